The molecular weight excluding hydrogens is 276 g/mol. The molecule has 5 heteroatoms. The Hall–Kier alpha value is -2.45. The van der Waals surface area contributed by atoms with E-state index in [0.717, 1.165) is 25.9 Å². The van der Waals surface area contributed by atoms with Crippen molar-refractivity contribution in [1.29, 1.82) is 5.26 Å². The highest BCUT2D eigenvalue weighted by atomic mass is 16.5. The van der Waals surface area contributed by atoms with E-state index >= 15 is 0 Å². The van der Waals surface area contributed by atoms with Gasteiger partial charge in [0.1, 0.15) is 6.07 Å². The molecule has 0 aliphatic carbocycles. The third-order valence-corrected chi connectivity index (χ3v) is 3.82. The van der Waals surface area contributed by atoms with Crippen LogP contribution >= 0.6 is 0 Å². The number of hydrogen-bond donors (Lipinski definition) is 0. The van der Waals surface area contributed by atoms with Gasteiger partial charge in [0, 0.05) is 25.5 Å². The molecule has 1 aliphatic heterocycles. The molecule has 0 saturated carbocycles. The van der Waals surface area contributed by atoms with Gasteiger partial charge >= 0.3 is 0 Å². The highest BCUT2D eigenvalue weighted by molar-refractivity contribution is 5.49. The molecule has 0 N–H and O–H groups in total. The lowest BCUT2D eigenvalue weighted by molar-refractivity contribution is 0.0352. The van der Waals surface area contributed by atoms with Crippen LogP contribution in [0, 0.1) is 11.3 Å². The van der Waals surface area contributed by atoms with Crippen LogP contribution in [0.5, 0.6) is 0 Å². The van der Waals surface area contributed by atoms with Crippen molar-refractivity contribution in [3.63, 3.8) is 0 Å². The van der Waals surface area contributed by atoms with Crippen LogP contribution in [0.3, 0.4) is 0 Å². The van der Waals surface area contributed by atoms with Gasteiger partial charge in [-0.3, -0.25) is 0 Å². The zero-order valence-electron chi connectivity index (χ0n) is 12.4. The molecule has 22 heavy (non-hydrogen) atoms. The first-order valence-corrected chi connectivity index (χ1v) is 7.48. The fourth-order valence-electron chi connectivity index (χ4n) is 2.70. The number of rotatable bonds is 4. The van der Waals surface area contributed by atoms with Gasteiger partial charge in [-0.1, -0.05) is 30.3 Å². The van der Waals surface area contributed by atoms with E-state index in [2.05, 4.69) is 45.2 Å². The predicted molar refractivity (Wildman–Crippen MR) is 83.5 cm³/mol. The van der Waals surface area contributed by atoms with E-state index in [1.54, 1.807) is 12.4 Å². The average Bonchev–Trinajstić information content (AvgIpc) is 2.61. The van der Waals surface area contributed by atoms with Gasteiger partial charge in [0.25, 0.3) is 0 Å². The predicted octanol–water partition coefficient (Wildman–Crippen LogP) is 2.19. The number of nitriles is 1. The zero-order valence-corrected chi connectivity index (χ0v) is 12.4. The molecule has 0 unspecified atom stereocenters. The Morgan fingerprint density at radius 3 is 2.86 bits per heavy atom. The molecule has 1 aromatic heterocycles. The summed E-state index contributed by atoms with van der Waals surface area (Å²) in [6.45, 7) is 2.15. The largest absolute Gasteiger partial charge is 0.375 e. The Morgan fingerprint density at radius 1 is 1.23 bits per heavy atom. The number of hydrogen-bond acceptors (Lipinski definition) is 5. The van der Waals surface area contributed by atoms with Crippen LogP contribution in [0.4, 0.5) is 5.82 Å². The van der Waals surface area contributed by atoms with E-state index in [0.29, 0.717) is 18.1 Å². The lowest BCUT2D eigenvalue weighted by atomic mass is 10.1. The molecule has 5 nitrogen and oxygen atoms in total. The van der Waals surface area contributed by atoms with Crippen molar-refractivity contribution in [3.8, 4) is 6.07 Å². The maximum atomic E-state index is 9.16. The van der Waals surface area contributed by atoms with Crippen LogP contribution in [-0.4, -0.2) is 35.8 Å². The van der Waals surface area contributed by atoms with Gasteiger partial charge in [-0.2, -0.15) is 5.26 Å². The maximum Gasteiger partial charge on any atom is 0.183 e. The SMILES string of the molecule is N#Cc1nccnc1N1CCO[C@H](CCc2ccccc2)C1. The second kappa shape index (κ2) is 7.01. The Balaban J connectivity index is 1.63. The third-order valence-electron chi connectivity index (χ3n) is 3.82. The maximum absolute atomic E-state index is 9.16. The minimum atomic E-state index is 0.155. The van der Waals surface area contributed by atoms with Crippen molar-refractivity contribution in [3.05, 3.63) is 54.0 Å². The fraction of sp³-hybridized carbons (Fsp3) is 0.353. The van der Waals surface area contributed by atoms with Crippen molar-refractivity contribution in [2.45, 2.75) is 18.9 Å². The van der Waals surface area contributed by atoms with E-state index < -0.39 is 0 Å². The number of benzene rings is 1. The molecule has 1 saturated heterocycles. The number of ether oxygens (including phenoxy) is 1. The number of aryl methyl sites for hydroxylation is 1. The topological polar surface area (TPSA) is 62.0 Å². The average molecular weight is 294 g/mol. The van der Waals surface area contributed by atoms with Gasteiger partial charge in [-0.15, -0.1) is 0 Å². The summed E-state index contributed by atoms with van der Waals surface area (Å²) in [5, 5.41) is 9.16. The summed E-state index contributed by atoms with van der Waals surface area (Å²) in [6.07, 6.45) is 5.29. The normalized spacial score (nSPS) is 18.0. The Bertz CT molecular complexity index is 653. The molecule has 0 spiro atoms. The Morgan fingerprint density at radius 2 is 2.05 bits per heavy atom. The van der Waals surface area contributed by atoms with Gasteiger partial charge in [-0.25, -0.2) is 9.97 Å². The molecule has 3 rings (SSSR count). The van der Waals surface area contributed by atoms with Crippen molar-refractivity contribution < 1.29 is 4.74 Å². The summed E-state index contributed by atoms with van der Waals surface area (Å²) in [7, 11) is 0. The summed E-state index contributed by atoms with van der Waals surface area (Å²) < 4.78 is 5.85. The van der Waals surface area contributed by atoms with Gasteiger partial charge in [0.05, 0.1) is 12.7 Å². The van der Waals surface area contributed by atoms with Crippen LogP contribution < -0.4 is 4.90 Å². The highest BCUT2D eigenvalue weighted by Gasteiger charge is 2.23. The molecule has 1 atom stereocenters. The van der Waals surface area contributed by atoms with Crippen molar-refractivity contribution in [2.24, 2.45) is 0 Å². The first-order chi connectivity index (χ1) is 10.9. The molecule has 0 bridgehead atoms. The smallest absolute Gasteiger partial charge is 0.183 e. The number of nitrogens with zero attached hydrogens (tertiary/aromatic N) is 4. The second-order valence-electron chi connectivity index (χ2n) is 5.30. The van der Waals surface area contributed by atoms with Gasteiger partial charge in [-0.05, 0) is 18.4 Å². The van der Waals surface area contributed by atoms with E-state index in [9.17, 15) is 0 Å². The Kier molecular flexibility index (Phi) is 4.62. The van der Waals surface area contributed by atoms with Gasteiger partial charge < -0.3 is 9.64 Å². The van der Waals surface area contributed by atoms with Crippen LogP contribution in [0.1, 0.15) is 17.7 Å². The second-order valence-corrected chi connectivity index (χ2v) is 5.30. The molecule has 1 aromatic carbocycles. The highest BCUT2D eigenvalue weighted by Crippen LogP contribution is 2.19. The molecule has 0 radical (unpaired) electrons. The quantitative estimate of drug-likeness (QED) is 0.865. The lowest BCUT2D eigenvalue weighted by Crippen LogP contribution is -2.43. The fourth-order valence-corrected chi connectivity index (χ4v) is 2.70. The summed E-state index contributed by atoms with van der Waals surface area (Å²) in [4.78, 5) is 10.5. The number of morpholine rings is 1. The summed E-state index contributed by atoms with van der Waals surface area (Å²) in [6, 6.07) is 12.5. The van der Waals surface area contributed by atoms with Gasteiger partial charge in [0.2, 0.25) is 0 Å². The monoisotopic (exact) mass is 294 g/mol. The summed E-state index contributed by atoms with van der Waals surface area (Å²) >= 11 is 0. The molecule has 0 amide bonds. The summed E-state index contributed by atoms with van der Waals surface area (Å²) in [5.41, 5.74) is 1.70. The first kappa shape index (κ1) is 14.5. The molecule has 1 fully saturated rings. The molecule has 1 aliphatic rings. The van der Waals surface area contributed by atoms with Crippen LogP contribution in [-0.2, 0) is 11.2 Å². The van der Waals surface area contributed by atoms with Crippen molar-refractivity contribution >= 4 is 5.82 Å². The van der Waals surface area contributed by atoms with Crippen LogP contribution in [0.15, 0.2) is 42.7 Å². The minimum Gasteiger partial charge on any atom is -0.375 e. The third kappa shape index (κ3) is 3.41. The van der Waals surface area contributed by atoms with Gasteiger partial charge in [0.15, 0.2) is 11.5 Å². The standard InChI is InChI=1S/C17H18N4O/c18-12-16-17(20-9-8-19-16)21-10-11-22-15(13-21)7-6-14-4-2-1-3-5-14/h1-5,8-9,15H,6-7,10-11,13H2/t15-/m1/s1. The first-order valence-electron chi connectivity index (χ1n) is 7.48. The van der Waals surface area contributed by atoms with Crippen LogP contribution in [0.25, 0.3) is 0 Å². The van der Waals surface area contributed by atoms with E-state index in [-0.39, 0.29) is 6.10 Å². The lowest BCUT2D eigenvalue weighted by Gasteiger charge is -2.33. The minimum absolute atomic E-state index is 0.155. The Labute approximate surface area is 130 Å². The van der Waals surface area contributed by atoms with Crippen LogP contribution in [0.2, 0.25) is 0 Å². The van der Waals surface area contributed by atoms with Crippen molar-refractivity contribution in [1.82, 2.24) is 9.97 Å². The molecule has 2 aromatic rings. The zero-order chi connectivity index (χ0) is 15.2. The van der Waals surface area contributed by atoms with E-state index in [4.69, 9.17) is 10.00 Å². The molecule has 2 heterocycles. The number of anilines is 1. The molecule has 112 valence electrons. The summed E-state index contributed by atoms with van der Waals surface area (Å²) in [5.74, 6) is 0.665. The van der Waals surface area contributed by atoms with E-state index in [1.165, 1.54) is 5.56 Å². The number of aromatic nitrogens is 2. The molecular formula is C17H18N4O. The van der Waals surface area contributed by atoms with Crippen molar-refractivity contribution in [2.75, 3.05) is 24.6 Å². The van der Waals surface area contributed by atoms with E-state index in [1.807, 2.05) is 6.07 Å².